The molecule has 0 heterocycles. The average Bonchev–Trinajstić information content (AvgIpc) is 2.63. The number of hydrogen-bond donors (Lipinski definition) is 1. The maximum atomic E-state index is 12.1. The van der Waals surface area contributed by atoms with Crippen molar-refractivity contribution >= 4 is 17.4 Å². The van der Waals surface area contributed by atoms with Crippen LogP contribution in [0, 0.1) is 13.0 Å². The Hall–Kier alpha value is -1.52. The van der Waals surface area contributed by atoms with Crippen LogP contribution in [0.2, 0.25) is 0 Å². The van der Waals surface area contributed by atoms with Crippen molar-refractivity contribution in [2.24, 2.45) is 5.10 Å². The van der Waals surface area contributed by atoms with Gasteiger partial charge in [0.2, 0.25) is 0 Å². The molecule has 2 aromatic rings. The van der Waals surface area contributed by atoms with Crippen LogP contribution in [0.4, 0.5) is 5.69 Å². The summed E-state index contributed by atoms with van der Waals surface area (Å²) in [6, 6.07) is 18.2. The van der Waals surface area contributed by atoms with Crippen molar-refractivity contribution in [1.29, 1.82) is 0 Å². The van der Waals surface area contributed by atoms with E-state index in [0.29, 0.717) is 5.56 Å². The molecule has 1 aliphatic carbocycles. The van der Waals surface area contributed by atoms with Gasteiger partial charge in [0.25, 0.3) is 0 Å². The number of hydrogen-bond acceptors (Lipinski definition) is 4. The predicted molar refractivity (Wildman–Crippen MR) is 95.2 cm³/mol. The van der Waals surface area contributed by atoms with Gasteiger partial charge in [-0.05, 0) is 37.8 Å². The van der Waals surface area contributed by atoms with Crippen molar-refractivity contribution in [2.75, 3.05) is 5.43 Å². The summed E-state index contributed by atoms with van der Waals surface area (Å²) in [5.41, 5.74) is 6.83. The van der Waals surface area contributed by atoms with Crippen LogP contribution in [0.25, 0.3) is 0 Å². The van der Waals surface area contributed by atoms with Crippen LogP contribution in [0.15, 0.2) is 53.6 Å². The molecule has 0 bridgehead atoms. The molecule has 3 rings (SSSR count). The average molecular weight is 410 g/mol. The maximum absolute atomic E-state index is 12.1. The van der Waals surface area contributed by atoms with Crippen LogP contribution < -0.4 is 5.43 Å². The molecular formula is C20H21N2O2Y-. The first-order valence-corrected chi connectivity index (χ1v) is 8.26. The molecule has 1 saturated carbocycles. The van der Waals surface area contributed by atoms with E-state index in [9.17, 15) is 4.79 Å². The van der Waals surface area contributed by atoms with Gasteiger partial charge in [0, 0.05) is 38.4 Å². The number of rotatable bonds is 4. The zero-order chi connectivity index (χ0) is 16.8. The van der Waals surface area contributed by atoms with Crippen LogP contribution in [-0.2, 0) is 37.4 Å². The first-order chi connectivity index (χ1) is 11.7. The molecule has 1 aliphatic rings. The standard InChI is InChI=1S/C20H21N2O2.Y/c1-15-7-9-17(10-8-15)21-22-18-11-13-19(14-12-18)24-20(23)16-5-3-2-4-6-16;/h2-7,9-10,19,21H,11-14H2,1H3;/q-1;. The molecule has 0 aromatic heterocycles. The van der Waals surface area contributed by atoms with E-state index in [1.807, 2.05) is 43.3 Å². The summed E-state index contributed by atoms with van der Waals surface area (Å²) >= 11 is 0. The van der Waals surface area contributed by atoms with Crippen LogP contribution >= 0.6 is 0 Å². The van der Waals surface area contributed by atoms with Gasteiger partial charge < -0.3 is 10.2 Å². The van der Waals surface area contributed by atoms with Crippen molar-refractivity contribution < 1.29 is 42.2 Å². The van der Waals surface area contributed by atoms with E-state index < -0.39 is 0 Å². The molecule has 0 unspecified atom stereocenters. The van der Waals surface area contributed by atoms with Crippen LogP contribution in [0.5, 0.6) is 0 Å². The second-order valence-corrected chi connectivity index (χ2v) is 6.02. The Bertz CT molecular complexity index is 704. The fraction of sp³-hybridized carbons (Fsp3) is 0.300. The number of nitrogens with one attached hydrogen (secondary N) is 1. The monoisotopic (exact) mass is 410 g/mol. The van der Waals surface area contributed by atoms with Crippen molar-refractivity contribution in [3.8, 4) is 0 Å². The van der Waals surface area contributed by atoms with E-state index in [4.69, 9.17) is 4.74 Å². The Kier molecular flexibility index (Phi) is 7.79. The van der Waals surface area contributed by atoms with E-state index in [-0.39, 0.29) is 44.8 Å². The number of aryl methyl sites for hydroxylation is 1. The van der Waals surface area contributed by atoms with Crippen molar-refractivity contribution in [3.05, 3.63) is 65.7 Å². The normalized spacial score (nSPS) is 16.5. The Morgan fingerprint density at radius 1 is 1.16 bits per heavy atom. The van der Waals surface area contributed by atoms with E-state index in [1.54, 1.807) is 12.1 Å². The van der Waals surface area contributed by atoms with Crippen molar-refractivity contribution in [3.63, 3.8) is 0 Å². The van der Waals surface area contributed by atoms with Gasteiger partial charge in [0.15, 0.2) is 0 Å². The van der Waals surface area contributed by atoms with E-state index in [0.717, 1.165) is 42.6 Å². The molecule has 0 saturated heterocycles. The van der Waals surface area contributed by atoms with Crippen LogP contribution in [0.1, 0.15) is 41.6 Å². The number of anilines is 1. The fourth-order valence-corrected chi connectivity index (χ4v) is 2.66. The van der Waals surface area contributed by atoms with E-state index in [1.165, 1.54) is 0 Å². The molecule has 127 valence electrons. The molecule has 1 N–H and O–H groups in total. The van der Waals surface area contributed by atoms with Gasteiger partial charge in [0.05, 0.1) is 5.56 Å². The zero-order valence-corrected chi connectivity index (χ0v) is 17.2. The minimum absolute atomic E-state index is 0. The third-order valence-corrected chi connectivity index (χ3v) is 4.10. The molecule has 0 amide bonds. The van der Waals surface area contributed by atoms with Crippen LogP contribution in [-0.4, -0.2) is 17.8 Å². The minimum atomic E-state index is -0.241. The summed E-state index contributed by atoms with van der Waals surface area (Å²) in [4.78, 5) is 12.1. The number of carbonyl (C=O) groups excluding carboxylic acids is 1. The topological polar surface area (TPSA) is 50.7 Å². The third-order valence-electron chi connectivity index (χ3n) is 4.10. The van der Waals surface area contributed by atoms with Gasteiger partial charge in [0.1, 0.15) is 6.10 Å². The van der Waals surface area contributed by atoms with Gasteiger partial charge in [-0.25, -0.2) is 4.79 Å². The van der Waals surface area contributed by atoms with E-state index >= 15 is 0 Å². The first kappa shape index (κ1) is 19.8. The molecule has 2 aromatic carbocycles. The quantitative estimate of drug-likeness (QED) is 0.463. The van der Waals surface area contributed by atoms with Gasteiger partial charge in [-0.15, -0.1) is 6.07 Å². The smallest absolute Gasteiger partial charge is 0.338 e. The number of esters is 1. The van der Waals surface area contributed by atoms with Crippen LogP contribution in [0.3, 0.4) is 0 Å². The van der Waals surface area contributed by atoms with Gasteiger partial charge in [-0.2, -0.15) is 28.9 Å². The zero-order valence-electron chi connectivity index (χ0n) is 14.4. The molecule has 1 fully saturated rings. The van der Waals surface area contributed by atoms with Gasteiger partial charge in [-0.3, -0.25) is 0 Å². The SMILES string of the molecule is Cc1[c-]cc(NN=C2CCC(OC(=O)c3ccccc3)CC2)cc1.[Y]. The maximum Gasteiger partial charge on any atom is 0.338 e. The molecule has 4 nitrogen and oxygen atoms in total. The summed E-state index contributed by atoms with van der Waals surface area (Å²) < 4.78 is 5.58. The summed E-state index contributed by atoms with van der Waals surface area (Å²) in [5.74, 6) is -0.241. The minimum Gasteiger partial charge on any atom is -0.459 e. The van der Waals surface area contributed by atoms with E-state index in [2.05, 4.69) is 16.6 Å². The van der Waals surface area contributed by atoms with Crippen molar-refractivity contribution in [2.45, 2.75) is 38.7 Å². The number of hydrazone groups is 1. The molecule has 5 heteroatoms. The number of carbonyl (C=O) groups is 1. The second kappa shape index (κ2) is 9.83. The Morgan fingerprint density at radius 2 is 1.88 bits per heavy atom. The summed E-state index contributed by atoms with van der Waals surface area (Å²) in [6.07, 6.45) is 3.30. The number of benzene rings is 2. The second-order valence-electron chi connectivity index (χ2n) is 6.02. The molecule has 0 aliphatic heterocycles. The Balaban J connectivity index is 0.00000225. The molecule has 25 heavy (non-hydrogen) atoms. The molecule has 0 atom stereocenters. The molecule has 1 radical (unpaired) electrons. The largest absolute Gasteiger partial charge is 0.459 e. The summed E-state index contributed by atoms with van der Waals surface area (Å²) in [5, 5.41) is 4.46. The molecule has 0 spiro atoms. The third kappa shape index (κ3) is 6.05. The predicted octanol–water partition coefficient (Wildman–Crippen LogP) is 4.36. The summed E-state index contributed by atoms with van der Waals surface area (Å²) in [7, 11) is 0. The van der Waals surface area contributed by atoms with Gasteiger partial charge in [-0.1, -0.05) is 30.8 Å². The number of ether oxygens (including phenoxy) is 1. The summed E-state index contributed by atoms with van der Waals surface area (Å²) in [6.45, 7) is 2.01. The Morgan fingerprint density at radius 3 is 2.52 bits per heavy atom. The molecular weight excluding hydrogens is 389 g/mol. The Labute approximate surface area is 173 Å². The number of nitrogens with zero attached hydrogens (tertiary/aromatic N) is 1. The van der Waals surface area contributed by atoms with Crippen molar-refractivity contribution in [1.82, 2.24) is 0 Å². The fourth-order valence-electron chi connectivity index (χ4n) is 2.66. The first-order valence-electron chi connectivity index (χ1n) is 8.26. The van der Waals surface area contributed by atoms with Gasteiger partial charge >= 0.3 is 5.97 Å².